The third-order valence-electron chi connectivity index (χ3n) is 4.04. The first kappa shape index (κ1) is 18.2. The number of benzene rings is 2. The molecule has 2 aromatic carbocycles. The highest BCUT2D eigenvalue weighted by Gasteiger charge is 2.14. The van der Waals surface area contributed by atoms with E-state index in [1.807, 2.05) is 56.6 Å². The molecule has 1 N–H and O–H groups in total. The van der Waals surface area contributed by atoms with E-state index < -0.39 is 0 Å². The minimum Gasteiger partial charge on any atom is -0.380 e. The van der Waals surface area contributed by atoms with E-state index in [-0.39, 0.29) is 11.9 Å². The number of rotatable bonds is 8. The van der Waals surface area contributed by atoms with E-state index in [2.05, 4.69) is 22.3 Å². The fourth-order valence-electron chi connectivity index (χ4n) is 2.61. The molecule has 0 aliphatic carbocycles. The SMILES string of the molecule is COCc1cccc(C(=O)NCC(Cc2ccccc2)N(C)C)c1. The van der Waals surface area contributed by atoms with Crippen LogP contribution in [0.4, 0.5) is 0 Å². The van der Waals surface area contributed by atoms with Gasteiger partial charge in [-0.25, -0.2) is 0 Å². The lowest BCUT2D eigenvalue weighted by Gasteiger charge is -2.25. The first-order chi connectivity index (χ1) is 11.6. The van der Waals surface area contributed by atoms with Gasteiger partial charge in [0.2, 0.25) is 0 Å². The zero-order valence-corrected chi connectivity index (χ0v) is 14.7. The highest BCUT2D eigenvalue weighted by Crippen LogP contribution is 2.08. The molecule has 0 aliphatic heterocycles. The molecule has 0 heterocycles. The second-order valence-electron chi connectivity index (χ2n) is 6.15. The van der Waals surface area contributed by atoms with E-state index in [1.54, 1.807) is 7.11 Å². The minimum atomic E-state index is -0.0483. The van der Waals surface area contributed by atoms with Crippen LogP contribution < -0.4 is 5.32 Å². The summed E-state index contributed by atoms with van der Waals surface area (Å²) in [5.41, 5.74) is 2.94. The van der Waals surface area contributed by atoms with E-state index in [1.165, 1.54) is 5.56 Å². The maximum Gasteiger partial charge on any atom is 0.251 e. The molecule has 0 radical (unpaired) electrons. The van der Waals surface area contributed by atoms with Crippen LogP contribution in [0.2, 0.25) is 0 Å². The molecule has 2 rings (SSSR count). The van der Waals surface area contributed by atoms with Gasteiger partial charge < -0.3 is 15.0 Å². The Labute approximate surface area is 144 Å². The first-order valence-corrected chi connectivity index (χ1v) is 8.16. The Balaban J connectivity index is 1.96. The van der Waals surface area contributed by atoms with Crippen molar-refractivity contribution in [1.82, 2.24) is 10.2 Å². The van der Waals surface area contributed by atoms with Crippen LogP contribution in [0.1, 0.15) is 21.5 Å². The van der Waals surface area contributed by atoms with Crippen molar-refractivity contribution in [2.24, 2.45) is 0 Å². The molecule has 2 aromatic rings. The zero-order valence-electron chi connectivity index (χ0n) is 14.7. The fraction of sp³-hybridized carbons (Fsp3) is 0.350. The largest absolute Gasteiger partial charge is 0.380 e. The zero-order chi connectivity index (χ0) is 17.4. The van der Waals surface area contributed by atoms with Gasteiger partial charge >= 0.3 is 0 Å². The van der Waals surface area contributed by atoms with Crippen LogP contribution in [0.25, 0.3) is 0 Å². The molecule has 0 aromatic heterocycles. The molecule has 4 heteroatoms. The fourth-order valence-corrected chi connectivity index (χ4v) is 2.61. The molecule has 4 nitrogen and oxygen atoms in total. The van der Waals surface area contributed by atoms with Crippen LogP contribution in [-0.4, -0.2) is 44.6 Å². The van der Waals surface area contributed by atoms with Gasteiger partial charge in [0.1, 0.15) is 0 Å². The highest BCUT2D eigenvalue weighted by atomic mass is 16.5. The smallest absolute Gasteiger partial charge is 0.251 e. The topological polar surface area (TPSA) is 41.6 Å². The normalized spacial score (nSPS) is 12.2. The van der Waals surface area contributed by atoms with E-state index >= 15 is 0 Å². The number of carbonyl (C=O) groups is 1. The van der Waals surface area contributed by atoms with Crippen LogP contribution in [0.5, 0.6) is 0 Å². The Morgan fingerprint density at radius 2 is 1.79 bits per heavy atom. The Bertz CT molecular complexity index is 641. The number of hydrogen-bond acceptors (Lipinski definition) is 3. The first-order valence-electron chi connectivity index (χ1n) is 8.16. The third kappa shape index (κ3) is 5.48. The summed E-state index contributed by atoms with van der Waals surface area (Å²) in [4.78, 5) is 14.6. The van der Waals surface area contributed by atoms with Crippen LogP contribution in [-0.2, 0) is 17.8 Å². The van der Waals surface area contributed by atoms with E-state index in [0.717, 1.165) is 12.0 Å². The van der Waals surface area contributed by atoms with Crippen LogP contribution >= 0.6 is 0 Å². The molecule has 0 saturated heterocycles. The summed E-state index contributed by atoms with van der Waals surface area (Å²) < 4.78 is 5.12. The number of hydrogen-bond donors (Lipinski definition) is 1. The van der Waals surface area contributed by atoms with Crippen LogP contribution in [0.3, 0.4) is 0 Å². The van der Waals surface area contributed by atoms with Crippen molar-refractivity contribution >= 4 is 5.91 Å². The molecular formula is C20H26N2O2. The number of nitrogens with zero attached hydrogens (tertiary/aromatic N) is 1. The van der Waals surface area contributed by atoms with Gasteiger partial charge in [-0.05, 0) is 43.8 Å². The van der Waals surface area contributed by atoms with Gasteiger partial charge in [-0.3, -0.25) is 4.79 Å². The average Bonchev–Trinajstić information content (AvgIpc) is 2.59. The lowest BCUT2D eigenvalue weighted by Crippen LogP contribution is -2.41. The van der Waals surface area contributed by atoms with Gasteiger partial charge in [0.25, 0.3) is 5.91 Å². The van der Waals surface area contributed by atoms with Crippen molar-refractivity contribution in [3.8, 4) is 0 Å². The van der Waals surface area contributed by atoms with Gasteiger partial charge in [-0.2, -0.15) is 0 Å². The van der Waals surface area contributed by atoms with Gasteiger partial charge in [0.05, 0.1) is 6.61 Å². The molecular weight excluding hydrogens is 300 g/mol. The van der Waals surface area contributed by atoms with Gasteiger partial charge in [-0.1, -0.05) is 42.5 Å². The molecule has 0 fully saturated rings. The second kappa shape index (κ2) is 9.21. The number of carbonyl (C=O) groups excluding carboxylic acids is 1. The van der Waals surface area contributed by atoms with Crippen molar-refractivity contribution < 1.29 is 9.53 Å². The maximum atomic E-state index is 12.4. The Kier molecular flexibility index (Phi) is 6.97. The van der Waals surface area contributed by atoms with Crippen LogP contribution in [0, 0.1) is 0 Å². The minimum absolute atomic E-state index is 0.0483. The number of nitrogens with one attached hydrogen (secondary N) is 1. The molecule has 0 saturated carbocycles. The summed E-state index contributed by atoms with van der Waals surface area (Å²) in [5, 5.41) is 3.05. The summed E-state index contributed by atoms with van der Waals surface area (Å²) in [7, 11) is 5.73. The Hall–Kier alpha value is -2.17. The third-order valence-corrected chi connectivity index (χ3v) is 4.04. The lowest BCUT2D eigenvalue weighted by atomic mass is 10.0. The van der Waals surface area contributed by atoms with Crippen molar-refractivity contribution in [2.45, 2.75) is 19.1 Å². The molecule has 1 atom stereocenters. The summed E-state index contributed by atoms with van der Waals surface area (Å²) in [6, 6.07) is 18.1. The Morgan fingerprint density at radius 3 is 2.46 bits per heavy atom. The quantitative estimate of drug-likeness (QED) is 0.811. The number of methoxy groups -OCH3 is 1. The summed E-state index contributed by atoms with van der Waals surface area (Å²) >= 11 is 0. The van der Waals surface area contributed by atoms with Crippen molar-refractivity contribution in [2.75, 3.05) is 27.7 Å². The molecule has 24 heavy (non-hydrogen) atoms. The molecule has 1 amide bonds. The summed E-state index contributed by atoms with van der Waals surface area (Å²) in [6.07, 6.45) is 0.901. The Morgan fingerprint density at radius 1 is 1.08 bits per heavy atom. The number of likely N-dealkylation sites (N-methyl/N-ethyl adjacent to an activating group) is 1. The summed E-state index contributed by atoms with van der Waals surface area (Å²) in [6.45, 7) is 1.12. The van der Waals surface area contributed by atoms with Crippen LogP contribution in [0.15, 0.2) is 54.6 Å². The lowest BCUT2D eigenvalue weighted by molar-refractivity contribution is 0.0941. The molecule has 0 aliphatic rings. The molecule has 0 bridgehead atoms. The van der Waals surface area contributed by atoms with Crippen molar-refractivity contribution in [3.63, 3.8) is 0 Å². The second-order valence-corrected chi connectivity index (χ2v) is 6.15. The standard InChI is InChI=1S/C20H26N2O2/c1-22(2)19(13-16-8-5-4-6-9-16)14-21-20(23)18-11-7-10-17(12-18)15-24-3/h4-12,19H,13-15H2,1-3H3,(H,21,23). The van der Waals surface area contributed by atoms with Gasteiger partial charge in [-0.15, -0.1) is 0 Å². The molecule has 128 valence electrons. The van der Waals surface area contributed by atoms with E-state index in [0.29, 0.717) is 18.7 Å². The van der Waals surface area contributed by atoms with Crippen molar-refractivity contribution in [3.05, 3.63) is 71.3 Å². The predicted octanol–water partition coefficient (Wildman–Crippen LogP) is 2.74. The summed E-state index contributed by atoms with van der Waals surface area (Å²) in [5.74, 6) is -0.0483. The van der Waals surface area contributed by atoms with Gasteiger partial charge in [0.15, 0.2) is 0 Å². The predicted molar refractivity (Wildman–Crippen MR) is 97.1 cm³/mol. The average molecular weight is 326 g/mol. The van der Waals surface area contributed by atoms with Gasteiger partial charge in [0, 0.05) is 25.3 Å². The van der Waals surface area contributed by atoms with E-state index in [9.17, 15) is 4.79 Å². The highest BCUT2D eigenvalue weighted by molar-refractivity contribution is 5.94. The van der Waals surface area contributed by atoms with Crippen molar-refractivity contribution in [1.29, 1.82) is 0 Å². The number of ether oxygens (including phenoxy) is 1. The maximum absolute atomic E-state index is 12.4. The number of amides is 1. The van der Waals surface area contributed by atoms with E-state index in [4.69, 9.17) is 4.74 Å². The molecule has 0 spiro atoms. The monoisotopic (exact) mass is 326 g/mol. The molecule has 1 unspecified atom stereocenters.